The van der Waals surface area contributed by atoms with Crippen LogP contribution in [0.5, 0.6) is 0 Å². The first-order valence-corrected chi connectivity index (χ1v) is 19.6. The zero-order chi connectivity index (χ0) is 40.2. The van der Waals surface area contributed by atoms with Crippen molar-refractivity contribution in [3.63, 3.8) is 0 Å². The van der Waals surface area contributed by atoms with E-state index in [9.17, 15) is 5.26 Å². The van der Waals surface area contributed by atoms with Crippen molar-refractivity contribution >= 4 is 49.3 Å². The van der Waals surface area contributed by atoms with Gasteiger partial charge in [0, 0.05) is 38.4 Å². The predicted octanol–water partition coefficient (Wildman–Crippen LogP) is 13.2. The van der Waals surface area contributed by atoms with E-state index in [2.05, 4.69) is 111 Å². The molecule has 278 valence electrons. The lowest BCUT2D eigenvalue weighted by Crippen LogP contribution is -2.04. The first kappa shape index (κ1) is 34.6. The van der Waals surface area contributed by atoms with Crippen LogP contribution in [0.2, 0.25) is 0 Å². The Kier molecular flexibility index (Phi) is 8.11. The van der Waals surface area contributed by atoms with Crippen molar-refractivity contribution in [2.45, 2.75) is 0 Å². The van der Waals surface area contributed by atoms with Gasteiger partial charge < -0.3 is 9.13 Å². The maximum atomic E-state index is 9.94. The molecule has 7 heteroatoms. The highest BCUT2D eigenvalue weighted by Gasteiger charge is 2.22. The summed E-state index contributed by atoms with van der Waals surface area (Å²) in [6.07, 6.45) is 0. The number of hydrogen-bond donors (Lipinski definition) is 0. The first-order chi connectivity index (χ1) is 29.7. The zero-order valence-electron chi connectivity index (χ0n) is 32.0. The molecule has 0 amide bonds. The number of hydrogen-bond acceptors (Lipinski definition) is 4. The molecule has 0 saturated heterocycles. The predicted molar refractivity (Wildman–Crippen MR) is 241 cm³/mol. The molecule has 8 aromatic carbocycles. The molecule has 11 aromatic rings. The summed E-state index contributed by atoms with van der Waals surface area (Å²) >= 11 is 0. The van der Waals surface area contributed by atoms with E-state index < -0.39 is 0 Å². The molecule has 0 N–H and O–H groups in total. The minimum Gasteiger partial charge on any atom is -0.309 e. The Balaban J connectivity index is 1.23. The van der Waals surface area contributed by atoms with E-state index in [4.69, 9.17) is 21.5 Å². The summed E-state index contributed by atoms with van der Waals surface area (Å²) in [5, 5.41) is 14.1. The Morgan fingerprint density at radius 3 is 1.57 bits per heavy atom. The molecule has 0 aliphatic heterocycles. The second-order valence-corrected chi connectivity index (χ2v) is 14.6. The highest BCUT2D eigenvalue weighted by molar-refractivity contribution is 6.12. The fourth-order valence-corrected chi connectivity index (χ4v) is 8.51. The standard InChI is InChI=1S/C53H31N7/c1-55-38-26-29-49-43(32-38)42-30-34(33-54)24-27-48(42)60(49)50-28-25-37(39-18-8-11-21-45(39)59-46-22-12-9-19-40(46)41-20-10-13-23-47(41)59)31-44(50)53-57-51(35-14-4-2-5-15-35)56-52(58-53)36-16-6-3-7-17-36/h2-32H. The van der Waals surface area contributed by atoms with Crippen molar-refractivity contribution < 1.29 is 0 Å². The van der Waals surface area contributed by atoms with Crippen LogP contribution in [-0.4, -0.2) is 24.1 Å². The van der Waals surface area contributed by atoms with Gasteiger partial charge >= 0.3 is 0 Å². The summed E-state index contributed by atoms with van der Waals surface area (Å²) in [5.41, 5.74) is 11.6. The van der Waals surface area contributed by atoms with Crippen LogP contribution in [0.25, 0.3) is 105 Å². The second-order valence-electron chi connectivity index (χ2n) is 14.6. The lowest BCUT2D eigenvalue weighted by molar-refractivity contribution is 1.06. The molecular weight excluding hydrogens is 735 g/mol. The quantitative estimate of drug-likeness (QED) is 0.158. The van der Waals surface area contributed by atoms with Gasteiger partial charge in [-0.3, -0.25) is 0 Å². The van der Waals surface area contributed by atoms with E-state index in [-0.39, 0.29) is 0 Å². The van der Waals surface area contributed by atoms with Crippen LogP contribution >= 0.6 is 0 Å². The zero-order valence-corrected chi connectivity index (χ0v) is 32.0. The molecule has 0 fully saturated rings. The minimum absolute atomic E-state index is 0.510. The summed E-state index contributed by atoms with van der Waals surface area (Å²) in [6.45, 7) is 7.81. The van der Waals surface area contributed by atoms with E-state index in [1.54, 1.807) is 0 Å². The summed E-state index contributed by atoms with van der Waals surface area (Å²) in [4.78, 5) is 19.3. The topological polar surface area (TPSA) is 76.7 Å². The SMILES string of the molecule is [C-]#[N+]c1ccc2c(c1)c1cc(C#N)ccc1n2-c1ccc(-c2ccccc2-n2c3ccccc3c3ccccc32)cc1-c1nc(-c2ccccc2)nc(-c2ccccc2)n1. The number of para-hydroxylation sites is 3. The molecule has 0 atom stereocenters. The third-order valence-electron chi connectivity index (χ3n) is 11.2. The summed E-state index contributed by atoms with van der Waals surface area (Å²) < 4.78 is 4.55. The van der Waals surface area contributed by atoms with Gasteiger partial charge in [0.15, 0.2) is 23.2 Å². The Morgan fingerprint density at radius 2 is 0.933 bits per heavy atom. The Hall–Kier alpha value is -8.65. The molecule has 11 rings (SSSR count). The van der Waals surface area contributed by atoms with Crippen LogP contribution in [0.3, 0.4) is 0 Å². The molecule has 0 unspecified atom stereocenters. The average molecular weight is 766 g/mol. The van der Waals surface area contributed by atoms with E-state index in [0.717, 1.165) is 72.0 Å². The number of benzene rings is 8. The van der Waals surface area contributed by atoms with E-state index in [0.29, 0.717) is 28.7 Å². The first-order valence-electron chi connectivity index (χ1n) is 19.6. The van der Waals surface area contributed by atoms with Crippen molar-refractivity contribution in [3.8, 4) is 62.7 Å². The molecule has 3 aromatic heterocycles. The lowest BCUT2D eigenvalue weighted by atomic mass is 9.99. The highest BCUT2D eigenvalue weighted by atomic mass is 15.1. The number of aromatic nitrogens is 5. The van der Waals surface area contributed by atoms with Crippen LogP contribution in [-0.2, 0) is 0 Å². The molecule has 0 radical (unpaired) electrons. The number of fused-ring (bicyclic) bond motifs is 6. The summed E-state index contributed by atoms with van der Waals surface area (Å²) in [7, 11) is 0. The van der Waals surface area contributed by atoms with Crippen LogP contribution in [0.1, 0.15) is 5.56 Å². The van der Waals surface area contributed by atoms with Crippen molar-refractivity contribution in [3.05, 3.63) is 205 Å². The molecule has 0 bridgehead atoms. The number of nitriles is 1. The molecule has 3 heterocycles. The minimum atomic E-state index is 0.510. The monoisotopic (exact) mass is 765 g/mol. The second kappa shape index (κ2) is 14.1. The van der Waals surface area contributed by atoms with Gasteiger partial charge in [0.2, 0.25) is 0 Å². The van der Waals surface area contributed by atoms with E-state index in [1.807, 2.05) is 97.1 Å². The molecular formula is C53H31N7. The van der Waals surface area contributed by atoms with Gasteiger partial charge in [0.05, 0.1) is 51.6 Å². The van der Waals surface area contributed by atoms with Gasteiger partial charge in [0.25, 0.3) is 0 Å². The van der Waals surface area contributed by atoms with E-state index >= 15 is 0 Å². The number of nitrogens with zero attached hydrogens (tertiary/aromatic N) is 7. The van der Waals surface area contributed by atoms with E-state index in [1.165, 1.54) is 10.8 Å². The molecule has 0 aliphatic carbocycles. The van der Waals surface area contributed by atoms with Gasteiger partial charge in [-0.25, -0.2) is 19.8 Å². The summed E-state index contributed by atoms with van der Waals surface area (Å²) in [5.74, 6) is 1.63. The maximum Gasteiger partial charge on any atom is 0.188 e. The van der Waals surface area contributed by atoms with Crippen LogP contribution in [0.4, 0.5) is 5.69 Å². The molecule has 0 aliphatic rings. The van der Waals surface area contributed by atoms with Gasteiger partial charge in [-0.15, -0.1) is 0 Å². The van der Waals surface area contributed by atoms with Crippen LogP contribution in [0, 0.1) is 17.9 Å². The number of rotatable bonds is 6. The Bertz CT molecular complexity index is 3390. The fourth-order valence-electron chi connectivity index (χ4n) is 8.51. The van der Waals surface area contributed by atoms with Gasteiger partial charge in [0.1, 0.15) is 0 Å². The highest BCUT2D eigenvalue weighted by Crippen LogP contribution is 2.42. The van der Waals surface area contributed by atoms with Gasteiger partial charge in [-0.05, 0) is 71.6 Å². The largest absolute Gasteiger partial charge is 0.309 e. The fraction of sp³-hybridized carbons (Fsp3) is 0. The molecule has 0 saturated carbocycles. The van der Waals surface area contributed by atoms with Crippen molar-refractivity contribution in [2.75, 3.05) is 0 Å². The van der Waals surface area contributed by atoms with Crippen molar-refractivity contribution in [2.24, 2.45) is 0 Å². The molecule has 0 spiro atoms. The normalized spacial score (nSPS) is 11.3. The Morgan fingerprint density at radius 1 is 0.417 bits per heavy atom. The van der Waals surface area contributed by atoms with Crippen LogP contribution in [0.15, 0.2) is 188 Å². The molecule has 60 heavy (non-hydrogen) atoms. The van der Waals surface area contributed by atoms with Crippen molar-refractivity contribution in [1.82, 2.24) is 24.1 Å². The third kappa shape index (κ3) is 5.61. The third-order valence-corrected chi connectivity index (χ3v) is 11.2. The summed E-state index contributed by atoms with van der Waals surface area (Å²) in [6, 6.07) is 65.9. The van der Waals surface area contributed by atoms with Gasteiger partial charge in [-0.1, -0.05) is 127 Å². The smallest absolute Gasteiger partial charge is 0.188 e. The molecule has 7 nitrogen and oxygen atoms in total. The maximum absolute atomic E-state index is 9.94. The van der Waals surface area contributed by atoms with Gasteiger partial charge in [-0.2, -0.15) is 5.26 Å². The van der Waals surface area contributed by atoms with Crippen molar-refractivity contribution in [1.29, 1.82) is 5.26 Å². The Labute approximate surface area is 345 Å². The average Bonchev–Trinajstić information content (AvgIpc) is 3.83. The lowest BCUT2D eigenvalue weighted by Gasteiger charge is -2.18. The van der Waals surface area contributed by atoms with Crippen LogP contribution < -0.4 is 0 Å².